The van der Waals surface area contributed by atoms with Crippen LogP contribution in [0.4, 0.5) is 0 Å². The van der Waals surface area contributed by atoms with Crippen LogP contribution in [0.1, 0.15) is 61.5 Å². The number of hydrogen-bond acceptors (Lipinski definition) is 3. The Hall–Kier alpha value is -1.64. The van der Waals surface area contributed by atoms with Crippen molar-refractivity contribution in [1.29, 1.82) is 0 Å². The lowest BCUT2D eigenvalue weighted by Gasteiger charge is -2.52. The first-order chi connectivity index (χ1) is 9.68. The third kappa shape index (κ3) is 1.79. The highest BCUT2D eigenvalue weighted by atomic mass is 16.3. The van der Waals surface area contributed by atoms with E-state index >= 15 is 0 Å². The summed E-state index contributed by atoms with van der Waals surface area (Å²) < 4.78 is 0. The quantitative estimate of drug-likeness (QED) is 0.793. The highest BCUT2D eigenvalue weighted by Crippen LogP contribution is 2.56. The number of fused-ring (bicyclic) bond motifs is 3. The van der Waals surface area contributed by atoms with E-state index in [9.17, 15) is 14.7 Å². The van der Waals surface area contributed by atoms with Gasteiger partial charge in [-0.05, 0) is 47.9 Å². The molecule has 1 saturated carbocycles. The first kappa shape index (κ1) is 14.3. The molecule has 0 spiro atoms. The molecule has 1 fully saturated rings. The number of ketones is 2. The van der Waals surface area contributed by atoms with Crippen LogP contribution in [0.25, 0.3) is 0 Å². The Labute approximate surface area is 125 Å². The minimum absolute atomic E-state index is 0.00774. The molecule has 3 heteroatoms. The van der Waals surface area contributed by atoms with Gasteiger partial charge in [0.05, 0.1) is 0 Å². The van der Waals surface area contributed by atoms with Gasteiger partial charge in [-0.15, -0.1) is 0 Å². The number of Topliss-reactive ketones (excluding diaryl/α,β-unsaturated/α-hetero) is 2. The number of benzene rings is 1. The molecular weight excluding hydrogens is 264 g/mol. The highest BCUT2D eigenvalue weighted by Gasteiger charge is 2.55. The van der Waals surface area contributed by atoms with Crippen molar-refractivity contribution in [1.82, 2.24) is 0 Å². The molecule has 0 aliphatic heterocycles. The molecule has 1 N–H and O–H groups in total. The van der Waals surface area contributed by atoms with Crippen LogP contribution in [-0.2, 0) is 10.2 Å². The Morgan fingerprint density at radius 2 is 1.86 bits per heavy atom. The average molecular weight is 286 g/mol. The fourth-order valence-corrected chi connectivity index (χ4v) is 4.36. The summed E-state index contributed by atoms with van der Waals surface area (Å²) in [7, 11) is 0. The van der Waals surface area contributed by atoms with Crippen molar-refractivity contribution in [2.75, 3.05) is 0 Å². The lowest BCUT2D eigenvalue weighted by atomic mass is 9.49. The summed E-state index contributed by atoms with van der Waals surface area (Å²) in [6, 6.07) is 3.55. The molecule has 0 amide bonds. The van der Waals surface area contributed by atoms with E-state index in [-0.39, 0.29) is 28.6 Å². The lowest BCUT2D eigenvalue weighted by Crippen LogP contribution is -2.53. The second-order valence-corrected chi connectivity index (χ2v) is 7.43. The molecule has 2 aliphatic rings. The third-order valence-electron chi connectivity index (χ3n) is 5.87. The van der Waals surface area contributed by atoms with Gasteiger partial charge in [-0.25, -0.2) is 0 Å². The normalized spacial score (nSPS) is 30.8. The van der Waals surface area contributed by atoms with Gasteiger partial charge < -0.3 is 5.11 Å². The average Bonchev–Trinajstić information content (AvgIpc) is 2.41. The molecule has 3 nitrogen and oxygen atoms in total. The third-order valence-corrected chi connectivity index (χ3v) is 5.87. The molecule has 21 heavy (non-hydrogen) atoms. The molecule has 0 bridgehead atoms. The zero-order chi connectivity index (χ0) is 15.6. The molecule has 1 aromatic rings. The predicted molar refractivity (Wildman–Crippen MR) is 80.7 cm³/mol. The smallest absolute Gasteiger partial charge is 0.163 e. The van der Waals surface area contributed by atoms with Gasteiger partial charge in [0.2, 0.25) is 0 Å². The van der Waals surface area contributed by atoms with E-state index in [1.54, 1.807) is 12.1 Å². The van der Waals surface area contributed by atoms with Crippen molar-refractivity contribution < 1.29 is 14.7 Å². The second-order valence-electron chi connectivity index (χ2n) is 7.43. The molecule has 2 atom stereocenters. The van der Waals surface area contributed by atoms with Crippen LogP contribution < -0.4 is 0 Å². The number of hydrogen-bond donors (Lipinski definition) is 1. The van der Waals surface area contributed by atoms with Crippen LogP contribution in [0.2, 0.25) is 0 Å². The molecule has 0 heterocycles. The van der Waals surface area contributed by atoms with Gasteiger partial charge in [-0.3, -0.25) is 9.59 Å². The van der Waals surface area contributed by atoms with E-state index < -0.39 is 5.41 Å². The number of phenols is 1. The molecule has 2 unspecified atom stereocenters. The Morgan fingerprint density at radius 1 is 1.19 bits per heavy atom. The molecule has 0 radical (unpaired) electrons. The van der Waals surface area contributed by atoms with Gasteiger partial charge >= 0.3 is 0 Å². The Morgan fingerprint density at radius 3 is 2.52 bits per heavy atom. The summed E-state index contributed by atoms with van der Waals surface area (Å²) in [5, 5.41) is 10.1. The van der Waals surface area contributed by atoms with Crippen molar-refractivity contribution in [3.8, 4) is 5.75 Å². The van der Waals surface area contributed by atoms with Gasteiger partial charge in [0.1, 0.15) is 11.5 Å². The molecular formula is C18H22O3. The monoisotopic (exact) mass is 286 g/mol. The maximum atomic E-state index is 12.5. The predicted octanol–water partition coefficient (Wildman–Crippen LogP) is 3.55. The standard InChI is InChI=1S/C18H22O3/c1-10-7-11-12(8-13(10)19)18(4)6-5-16(21)17(2,3)15(18)9-14(11)20/h7-8,15,19H,5-6,9H2,1-4H3. The first-order valence-electron chi connectivity index (χ1n) is 7.58. The van der Waals surface area contributed by atoms with E-state index in [1.165, 1.54) is 0 Å². The van der Waals surface area contributed by atoms with Gasteiger partial charge in [0.25, 0.3) is 0 Å². The van der Waals surface area contributed by atoms with Crippen molar-refractivity contribution in [2.45, 2.75) is 52.4 Å². The maximum Gasteiger partial charge on any atom is 0.163 e. The highest BCUT2D eigenvalue weighted by molar-refractivity contribution is 6.01. The van der Waals surface area contributed by atoms with E-state index in [0.29, 0.717) is 12.8 Å². The van der Waals surface area contributed by atoms with Crippen LogP contribution in [0, 0.1) is 18.3 Å². The summed E-state index contributed by atoms with van der Waals surface area (Å²) in [5.41, 5.74) is 1.68. The topological polar surface area (TPSA) is 54.4 Å². The molecule has 112 valence electrons. The van der Waals surface area contributed by atoms with Crippen molar-refractivity contribution in [3.05, 3.63) is 28.8 Å². The fraction of sp³-hybridized carbons (Fsp3) is 0.556. The minimum atomic E-state index is -0.485. The Kier molecular flexibility index (Phi) is 2.85. The fourth-order valence-electron chi connectivity index (χ4n) is 4.36. The van der Waals surface area contributed by atoms with E-state index in [4.69, 9.17) is 0 Å². The molecule has 2 aliphatic carbocycles. The maximum absolute atomic E-state index is 12.5. The summed E-state index contributed by atoms with van der Waals surface area (Å²) in [6.45, 7) is 7.88. The SMILES string of the molecule is Cc1cc2c(cc1O)C1(C)CCC(=O)C(C)(C)C1CC2=O. The zero-order valence-electron chi connectivity index (χ0n) is 13.1. The summed E-state index contributed by atoms with van der Waals surface area (Å²) in [4.78, 5) is 24.8. The lowest BCUT2D eigenvalue weighted by molar-refractivity contribution is -0.136. The van der Waals surface area contributed by atoms with Crippen molar-refractivity contribution in [3.63, 3.8) is 0 Å². The number of rotatable bonds is 0. The minimum Gasteiger partial charge on any atom is -0.508 e. The van der Waals surface area contributed by atoms with Crippen LogP contribution in [-0.4, -0.2) is 16.7 Å². The van der Waals surface area contributed by atoms with Crippen LogP contribution in [0.15, 0.2) is 12.1 Å². The number of carbonyl (C=O) groups excluding carboxylic acids is 2. The number of carbonyl (C=O) groups is 2. The van der Waals surface area contributed by atoms with Crippen LogP contribution in [0.5, 0.6) is 5.75 Å². The van der Waals surface area contributed by atoms with Crippen molar-refractivity contribution >= 4 is 11.6 Å². The van der Waals surface area contributed by atoms with Gasteiger partial charge in [-0.2, -0.15) is 0 Å². The molecule has 0 saturated heterocycles. The van der Waals surface area contributed by atoms with Gasteiger partial charge in [0.15, 0.2) is 5.78 Å². The number of phenolic OH excluding ortho intramolecular Hbond substituents is 1. The molecule has 3 rings (SSSR count). The molecule has 0 aromatic heterocycles. The summed E-state index contributed by atoms with van der Waals surface area (Å²) in [6.07, 6.45) is 1.72. The van der Waals surface area contributed by atoms with Crippen LogP contribution >= 0.6 is 0 Å². The van der Waals surface area contributed by atoms with Crippen LogP contribution in [0.3, 0.4) is 0 Å². The van der Waals surface area contributed by atoms with E-state index in [0.717, 1.165) is 23.1 Å². The Balaban J connectivity index is 2.24. The van der Waals surface area contributed by atoms with Gasteiger partial charge in [0, 0.05) is 23.8 Å². The van der Waals surface area contributed by atoms with E-state index in [2.05, 4.69) is 6.92 Å². The van der Waals surface area contributed by atoms with E-state index in [1.807, 2.05) is 20.8 Å². The Bertz CT molecular complexity index is 657. The summed E-state index contributed by atoms with van der Waals surface area (Å²) in [5.74, 6) is 0.586. The second kappa shape index (κ2) is 4.19. The first-order valence-corrected chi connectivity index (χ1v) is 7.58. The number of aryl methyl sites for hydroxylation is 1. The summed E-state index contributed by atoms with van der Waals surface area (Å²) >= 11 is 0. The van der Waals surface area contributed by atoms with Gasteiger partial charge in [-0.1, -0.05) is 20.8 Å². The number of aromatic hydroxyl groups is 1. The zero-order valence-corrected chi connectivity index (χ0v) is 13.1. The van der Waals surface area contributed by atoms with Crippen molar-refractivity contribution in [2.24, 2.45) is 11.3 Å². The largest absolute Gasteiger partial charge is 0.508 e. The molecule has 1 aromatic carbocycles.